The SMILES string of the molecule is COc1ccc(CNC(=O)N2CCN(CC(=O)c3cccs3)CC2)cc1OC. The van der Waals surface area contributed by atoms with E-state index < -0.39 is 0 Å². The number of hydrogen-bond donors (Lipinski definition) is 1. The molecule has 0 atom stereocenters. The van der Waals surface area contributed by atoms with Crippen molar-refractivity contribution in [3.8, 4) is 11.5 Å². The molecule has 1 aliphatic heterocycles. The Labute approximate surface area is 168 Å². The van der Waals surface area contributed by atoms with E-state index in [4.69, 9.17) is 9.47 Å². The van der Waals surface area contributed by atoms with Crippen molar-refractivity contribution in [3.63, 3.8) is 0 Å². The zero-order chi connectivity index (χ0) is 19.9. The molecule has 2 amide bonds. The van der Waals surface area contributed by atoms with Gasteiger partial charge in [0.05, 0.1) is 25.6 Å². The van der Waals surface area contributed by atoms with Crippen molar-refractivity contribution in [3.05, 3.63) is 46.2 Å². The van der Waals surface area contributed by atoms with Gasteiger partial charge in [0.2, 0.25) is 0 Å². The fraction of sp³-hybridized carbons (Fsp3) is 0.400. The number of methoxy groups -OCH3 is 2. The third kappa shape index (κ3) is 5.02. The molecular formula is C20H25N3O4S. The molecule has 3 rings (SSSR count). The standard InChI is InChI=1S/C20H25N3O4S/c1-26-17-6-5-15(12-18(17)27-2)13-21-20(25)23-9-7-22(8-10-23)14-16(24)19-4-3-11-28-19/h3-6,11-12H,7-10,13-14H2,1-2H3,(H,21,25). The van der Waals surface area contributed by atoms with Crippen molar-refractivity contribution in [2.24, 2.45) is 0 Å². The number of nitrogens with one attached hydrogen (secondary N) is 1. The predicted molar refractivity (Wildman–Crippen MR) is 108 cm³/mol. The summed E-state index contributed by atoms with van der Waals surface area (Å²) < 4.78 is 10.5. The number of Topliss-reactive ketones (excluding diaryl/α,β-unsaturated/α-hetero) is 1. The maximum atomic E-state index is 12.4. The Morgan fingerprint density at radius 1 is 1.07 bits per heavy atom. The first kappa shape index (κ1) is 20.2. The summed E-state index contributed by atoms with van der Waals surface area (Å²) in [5, 5.41) is 4.85. The summed E-state index contributed by atoms with van der Waals surface area (Å²) in [7, 11) is 3.18. The summed E-state index contributed by atoms with van der Waals surface area (Å²) >= 11 is 1.47. The molecule has 2 aromatic rings. The zero-order valence-electron chi connectivity index (χ0n) is 16.1. The highest BCUT2D eigenvalue weighted by Crippen LogP contribution is 2.27. The number of benzene rings is 1. The van der Waals surface area contributed by atoms with Gasteiger partial charge in [-0.3, -0.25) is 9.69 Å². The van der Waals surface area contributed by atoms with Gasteiger partial charge in [0.15, 0.2) is 17.3 Å². The number of ketones is 1. The normalized spacial score (nSPS) is 14.6. The molecule has 1 saturated heterocycles. The van der Waals surface area contributed by atoms with Crippen LogP contribution in [0.1, 0.15) is 15.2 Å². The smallest absolute Gasteiger partial charge is 0.317 e. The lowest BCUT2D eigenvalue weighted by Gasteiger charge is -2.34. The second-order valence-electron chi connectivity index (χ2n) is 6.51. The molecule has 7 nitrogen and oxygen atoms in total. The molecule has 1 aromatic carbocycles. The molecule has 2 heterocycles. The van der Waals surface area contributed by atoms with E-state index in [2.05, 4.69) is 10.2 Å². The fourth-order valence-corrected chi connectivity index (χ4v) is 3.76. The Morgan fingerprint density at radius 2 is 1.82 bits per heavy atom. The van der Waals surface area contributed by atoms with Crippen LogP contribution in [0.15, 0.2) is 35.7 Å². The summed E-state index contributed by atoms with van der Waals surface area (Å²) in [6, 6.07) is 9.22. The molecule has 0 spiro atoms. The summed E-state index contributed by atoms with van der Waals surface area (Å²) in [5.41, 5.74) is 0.936. The first-order valence-electron chi connectivity index (χ1n) is 9.13. The van der Waals surface area contributed by atoms with Crippen LogP contribution in [0.25, 0.3) is 0 Å². The van der Waals surface area contributed by atoms with Crippen molar-refractivity contribution in [1.82, 2.24) is 15.1 Å². The van der Waals surface area contributed by atoms with Crippen LogP contribution in [-0.4, -0.2) is 68.6 Å². The van der Waals surface area contributed by atoms with Gasteiger partial charge < -0.3 is 19.7 Å². The van der Waals surface area contributed by atoms with Crippen molar-refractivity contribution in [1.29, 1.82) is 0 Å². The van der Waals surface area contributed by atoms with Crippen LogP contribution in [-0.2, 0) is 6.54 Å². The second-order valence-corrected chi connectivity index (χ2v) is 7.46. The van der Waals surface area contributed by atoms with E-state index in [1.54, 1.807) is 19.1 Å². The number of thiophene rings is 1. The molecule has 1 N–H and O–H groups in total. The van der Waals surface area contributed by atoms with Gasteiger partial charge in [-0.15, -0.1) is 11.3 Å². The molecule has 8 heteroatoms. The topological polar surface area (TPSA) is 71.1 Å². The average Bonchev–Trinajstić information content (AvgIpc) is 3.27. The summed E-state index contributed by atoms with van der Waals surface area (Å²) in [4.78, 5) is 29.3. The van der Waals surface area contributed by atoms with Gasteiger partial charge in [0.25, 0.3) is 0 Å². The fourth-order valence-electron chi connectivity index (χ4n) is 3.11. The van der Waals surface area contributed by atoms with Gasteiger partial charge in [0.1, 0.15) is 0 Å². The van der Waals surface area contributed by atoms with Crippen molar-refractivity contribution < 1.29 is 19.1 Å². The molecule has 1 fully saturated rings. The molecule has 1 aliphatic rings. The Morgan fingerprint density at radius 3 is 2.46 bits per heavy atom. The summed E-state index contributed by atoms with van der Waals surface area (Å²) in [6.07, 6.45) is 0. The van der Waals surface area contributed by atoms with Crippen molar-refractivity contribution in [2.45, 2.75) is 6.54 Å². The second kappa shape index (κ2) is 9.57. The molecule has 0 unspecified atom stereocenters. The number of carbonyl (C=O) groups excluding carboxylic acids is 2. The van der Waals surface area contributed by atoms with Crippen LogP contribution >= 0.6 is 11.3 Å². The van der Waals surface area contributed by atoms with E-state index in [1.807, 2.05) is 35.7 Å². The molecule has 0 aliphatic carbocycles. The monoisotopic (exact) mass is 403 g/mol. The van der Waals surface area contributed by atoms with Crippen LogP contribution in [0.3, 0.4) is 0 Å². The largest absolute Gasteiger partial charge is 0.493 e. The van der Waals surface area contributed by atoms with E-state index >= 15 is 0 Å². The maximum absolute atomic E-state index is 12.4. The van der Waals surface area contributed by atoms with Crippen LogP contribution in [0.2, 0.25) is 0 Å². The molecule has 150 valence electrons. The molecular weight excluding hydrogens is 378 g/mol. The summed E-state index contributed by atoms with van der Waals surface area (Å²) in [6.45, 7) is 3.42. The van der Waals surface area contributed by atoms with E-state index in [1.165, 1.54) is 11.3 Å². The molecule has 0 saturated carbocycles. The van der Waals surface area contributed by atoms with Gasteiger partial charge in [-0.25, -0.2) is 4.79 Å². The van der Waals surface area contributed by atoms with Crippen LogP contribution in [0, 0.1) is 0 Å². The highest BCUT2D eigenvalue weighted by atomic mass is 32.1. The lowest BCUT2D eigenvalue weighted by Crippen LogP contribution is -2.52. The minimum atomic E-state index is -0.0981. The van der Waals surface area contributed by atoms with E-state index in [-0.39, 0.29) is 11.8 Å². The molecule has 0 bridgehead atoms. The minimum Gasteiger partial charge on any atom is -0.493 e. The van der Waals surface area contributed by atoms with E-state index in [0.29, 0.717) is 50.8 Å². The first-order chi connectivity index (χ1) is 13.6. The Balaban J connectivity index is 1.44. The first-order valence-corrected chi connectivity index (χ1v) is 10.0. The predicted octanol–water partition coefficient (Wildman–Crippen LogP) is 2.48. The van der Waals surface area contributed by atoms with Gasteiger partial charge in [-0.2, -0.15) is 0 Å². The molecule has 1 aromatic heterocycles. The van der Waals surface area contributed by atoms with Gasteiger partial charge >= 0.3 is 6.03 Å². The number of rotatable bonds is 7. The maximum Gasteiger partial charge on any atom is 0.317 e. The Kier molecular flexibility index (Phi) is 6.89. The van der Waals surface area contributed by atoms with E-state index in [0.717, 1.165) is 10.4 Å². The van der Waals surface area contributed by atoms with Crippen molar-refractivity contribution in [2.75, 3.05) is 46.9 Å². The number of amides is 2. The van der Waals surface area contributed by atoms with Gasteiger partial charge in [0, 0.05) is 32.7 Å². The quantitative estimate of drug-likeness (QED) is 0.719. The van der Waals surface area contributed by atoms with E-state index in [9.17, 15) is 9.59 Å². The number of urea groups is 1. The van der Waals surface area contributed by atoms with Gasteiger partial charge in [-0.1, -0.05) is 12.1 Å². The average molecular weight is 404 g/mol. The Hall–Kier alpha value is -2.58. The van der Waals surface area contributed by atoms with Gasteiger partial charge in [-0.05, 0) is 29.1 Å². The third-order valence-electron chi connectivity index (χ3n) is 4.71. The highest BCUT2D eigenvalue weighted by molar-refractivity contribution is 7.12. The third-order valence-corrected chi connectivity index (χ3v) is 5.63. The number of carbonyl (C=O) groups is 2. The number of hydrogen-bond acceptors (Lipinski definition) is 6. The Bertz CT molecular complexity index is 802. The minimum absolute atomic E-state index is 0.0981. The molecule has 28 heavy (non-hydrogen) atoms. The van der Waals surface area contributed by atoms with Crippen LogP contribution in [0.5, 0.6) is 11.5 Å². The lowest BCUT2D eigenvalue weighted by molar-refractivity contribution is 0.0882. The van der Waals surface area contributed by atoms with Crippen molar-refractivity contribution >= 4 is 23.2 Å². The number of piperazine rings is 1. The highest BCUT2D eigenvalue weighted by Gasteiger charge is 2.23. The lowest BCUT2D eigenvalue weighted by atomic mass is 10.2. The van der Waals surface area contributed by atoms with Crippen LogP contribution in [0.4, 0.5) is 4.79 Å². The summed E-state index contributed by atoms with van der Waals surface area (Å²) in [5.74, 6) is 1.44. The zero-order valence-corrected chi connectivity index (χ0v) is 17.0. The number of nitrogens with zero attached hydrogens (tertiary/aromatic N) is 2. The van der Waals surface area contributed by atoms with Crippen LogP contribution < -0.4 is 14.8 Å². The molecule has 0 radical (unpaired) electrons. The number of ether oxygens (including phenoxy) is 2.